The molecular formula is C8H7ClNO3-. The van der Waals surface area contributed by atoms with Crippen molar-refractivity contribution in [3.63, 3.8) is 0 Å². The van der Waals surface area contributed by atoms with E-state index in [4.69, 9.17) is 16.8 Å². The fourth-order valence-electron chi connectivity index (χ4n) is 0.946. The van der Waals surface area contributed by atoms with Crippen LogP contribution in [0.25, 0.3) is 0 Å². The highest BCUT2D eigenvalue weighted by molar-refractivity contribution is 6.63. The molecule has 0 spiro atoms. The Morgan fingerprint density at radius 3 is 2.85 bits per heavy atom. The van der Waals surface area contributed by atoms with E-state index in [0.717, 1.165) is 0 Å². The number of rotatable bonds is 3. The average Bonchev–Trinajstić information content (AvgIpc) is 2.03. The molecule has 0 heterocycles. The molecule has 0 atom stereocenters. The van der Waals surface area contributed by atoms with Gasteiger partial charge in [-0.05, 0) is 29.3 Å². The summed E-state index contributed by atoms with van der Waals surface area (Å²) in [5, 5.41) is 18.2. The van der Waals surface area contributed by atoms with Crippen LogP contribution in [0.1, 0.15) is 5.56 Å². The Hall–Kier alpha value is -1.10. The van der Waals surface area contributed by atoms with Crippen molar-refractivity contribution in [2.24, 2.45) is 0 Å². The van der Waals surface area contributed by atoms with E-state index in [-0.39, 0.29) is 17.3 Å². The van der Waals surface area contributed by atoms with Crippen LogP contribution in [0.5, 0.6) is 0 Å². The lowest BCUT2D eigenvalue weighted by molar-refractivity contribution is -0.111. The van der Waals surface area contributed by atoms with Crippen molar-refractivity contribution < 1.29 is 10.0 Å². The Bertz CT molecular complexity index is 314. The molecule has 1 N–H and O–H groups in total. The average molecular weight is 201 g/mol. The highest BCUT2D eigenvalue weighted by Gasteiger charge is 2.00. The molecule has 0 aliphatic heterocycles. The fraction of sp³-hybridized carbons (Fsp3) is 0.125. The summed E-state index contributed by atoms with van der Waals surface area (Å²) in [6.45, 7) is 0. The van der Waals surface area contributed by atoms with E-state index in [0.29, 0.717) is 5.56 Å². The van der Waals surface area contributed by atoms with Crippen molar-refractivity contribution in [1.82, 2.24) is 0 Å². The van der Waals surface area contributed by atoms with Gasteiger partial charge in [0.2, 0.25) is 5.24 Å². The first-order chi connectivity index (χ1) is 6.09. The number of nitrogens with zero attached hydrogens (tertiary/aromatic N) is 1. The molecule has 0 bridgehead atoms. The van der Waals surface area contributed by atoms with E-state index < -0.39 is 5.24 Å². The van der Waals surface area contributed by atoms with Gasteiger partial charge in [-0.1, -0.05) is 12.1 Å². The molecule has 0 amide bonds. The number of benzene rings is 1. The Balaban J connectivity index is 2.85. The number of carbonyl (C=O) groups excluding carboxylic acids is 1. The Labute approximate surface area is 79.9 Å². The Kier molecular flexibility index (Phi) is 3.25. The van der Waals surface area contributed by atoms with Gasteiger partial charge in [0, 0.05) is 6.42 Å². The van der Waals surface area contributed by atoms with E-state index in [1.54, 1.807) is 12.1 Å². The van der Waals surface area contributed by atoms with Crippen LogP contribution >= 0.6 is 11.6 Å². The van der Waals surface area contributed by atoms with Gasteiger partial charge < -0.3 is 10.4 Å². The number of hydrogen-bond acceptors (Lipinski definition) is 4. The van der Waals surface area contributed by atoms with E-state index in [1.165, 1.54) is 12.1 Å². The van der Waals surface area contributed by atoms with Crippen LogP contribution in [0.3, 0.4) is 0 Å². The summed E-state index contributed by atoms with van der Waals surface area (Å²) in [5.41, 5.74) is 0.669. The van der Waals surface area contributed by atoms with Gasteiger partial charge in [-0.15, -0.1) is 0 Å². The van der Waals surface area contributed by atoms with Gasteiger partial charge >= 0.3 is 0 Å². The molecule has 13 heavy (non-hydrogen) atoms. The van der Waals surface area contributed by atoms with Crippen LogP contribution in [0, 0.1) is 5.21 Å². The predicted molar refractivity (Wildman–Crippen MR) is 48.6 cm³/mol. The van der Waals surface area contributed by atoms with Gasteiger partial charge in [0.1, 0.15) is 0 Å². The van der Waals surface area contributed by atoms with Crippen molar-refractivity contribution in [3.05, 3.63) is 35.0 Å². The van der Waals surface area contributed by atoms with Crippen LogP contribution in [0.15, 0.2) is 24.3 Å². The molecule has 1 rings (SSSR count). The molecule has 5 heteroatoms. The van der Waals surface area contributed by atoms with E-state index in [1.807, 2.05) is 0 Å². The first kappa shape index (κ1) is 9.98. The van der Waals surface area contributed by atoms with Crippen molar-refractivity contribution in [3.8, 4) is 0 Å². The standard InChI is InChI=1S/C8H7ClNO3/c9-8(11)5-6-2-1-3-7(4-6)10(12)13/h1-4,12H,5H2/q-1. The SMILES string of the molecule is O=C(Cl)Cc1cccc(N([O-])O)c1. The molecular weight excluding hydrogens is 194 g/mol. The van der Waals surface area contributed by atoms with Crippen molar-refractivity contribution in [1.29, 1.82) is 0 Å². The lowest BCUT2D eigenvalue weighted by Crippen LogP contribution is -2.07. The molecule has 0 radical (unpaired) electrons. The second-order valence-electron chi connectivity index (χ2n) is 2.47. The zero-order valence-corrected chi connectivity index (χ0v) is 7.36. The van der Waals surface area contributed by atoms with Crippen LogP contribution in [0.4, 0.5) is 5.69 Å². The molecule has 0 saturated carbocycles. The van der Waals surface area contributed by atoms with Gasteiger partial charge in [-0.2, -0.15) is 0 Å². The number of halogens is 1. The maximum absolute atomic E-state index is 10.5. The van der Waals surface area contributed by atoms with E-state index in [9.17, 15) is 10.0 Å². The van der Waals surface area contributed by atoms with Gasteiger partial charge in [-0.25, -0.2) is 0 Å². The highest BCUT2D eigenvalue weighted by Crippen LogP contribution is 2.14. The van der Waals surface area contributed by atoms with E-state index in [2.05, 4.69) is 0 Å². The lowest BCUT2D eigenvalue weighted by atomic mass is 10.1. The second kappa shape index (κ2) is 4.23. The topological polar surface area (TPSA) is 63.6 Å². The molecule has 1 aromatic rings. The van der Waals surface area contributed by atoms with Crippen molar-refractivity contribution in [2.75, 3.05) is 5.23 Å². The smallest absolute Gasteiger partial charge is 0.226 e. The predicted octanol–water partition coefficient (Wildman–Crippen LogP) is 1.69. The van der Waals surface area contributed by atoms with Crippen LogP contribution in [-0.2, 0) is 11.2 Å². The largest absolute Gasteiger partial charge is 0.733 e. The van der Waals surface area contributed by atoms with Gasteiger partial charge in [0.15, 0.2) is 0 Å². The Morgan fingerprint density at radius 2 is 2.31 bits per heavy atom. The van der Waals surface area contributed by atoms with Crippen molar-refractivity contribution >= 4 is 22.5 Å². The summed E-state index contributed by atoms with van der Waals surface area (Å²) in [6.07, 6.45) is 0.0449. The van der Waals surface area contributed by atoms with E-state index >= 15 is 0 Å². The van der Waals surface area contributed by atoms with Gasteiger partial charge in [-0.3, -0.25) is 10.0 Å². The fourth-order valence-corrected chi connectivity index (χ4v) is 1.10. The maximum atomic E-state index is 10.5. The summed E-state index contributed by atoms with van der Waals surface area (Å²) in [4.78, 5) is 10.5. The van der Waals surface area contributed by atoms with Crippen LogP contribution in [0.2, 0.25) is 0 Å². The van der Waals surface area contributed by atoms with Gasteiger partial charge in [0.25, 0.3) is 0 Å². The summed E-state index contributed by atoms with van der Waals surface area (Å²) in [7, 11) is 0. The summed E-state index contributed by atoms with van der Waals surface area (Å²) in [5.74, 6) is 0. The molecule has 0 unspecified atom stereocenters. The first-order valence-electron chi connectivity index (χ1n) is 3.53. The zero-order chi connectivity index (χ0) is 9.84. The molecule has 0 aliphatic carbocycles. The Morgan fingerprint density at radius 1 is 1.62 bits per heavy atom. The molecule has 0 aromatic heterocycles. The third-order valence-electron chi connectivity index (χ3n) is 1.47. The minimum Gasteiger partial charge on any atom is -0.733 e. The third-order valence-corrected chi connectivity index (χ3v) is 1.61. The highest BCUT2D eigenvalue weighted by atomic mass is 35.5. The lowest BCUT2D eigenvalue weighted by Gasteiger charge is -2.21. The van der Waals surface area contributed by atoms with Crippen molar-refractivity contribution in [2.45, 2.75) is 6.42 Å². The minimum absolute atomic E-state index is 0.0449. The molecule has 70 valence electrons. The molecule has 0 saturated heterocycles. The molecule has 1 aromatic carbocycles. The number of anilines is 1. The quantitative estimate of drug-likeness (QED) is 0.596. The van der Waals surface area contributed by atoms with Crippen LogP contribution < -0.4 is 5.23 Å². The van der Waals surface area contributed by atoms with Gasteiger partial charge in [0.05, 0.1) is 5.69 Å². The molecule has 0 aliphatic rings. The van der Waals surface area contributed by atoms with Crippen LogP contribution in [-0.4, -0.2) is 10.4 Å². The summed E-state index contributed by atoms with van der Waals surface area (Å²) < 4.78 is 0. The maximum Gasteiger partial charge on any atom is 0.226 e. The monoisotopic (exact) mass is 200 g/mol. The number of hydrogen-bond donors (Lipinski definition) is 1. The second-order valence-corrected chi connectivity index (χ2v) is 2.90. The summed E-state index contributed by atoms with van der Waals surface area (Å²) >= 11 is 5.15. The minimum atomic E-state index is -0.507. The number of carbonyl (C=O) groups is 1. The third kappa shape index (κ3) is 3.02. The molecule has 4 nitrogen and oxygen atoms in total. The molecule has 0 fully saturated rings. The normalized spacial score (nSPS) is 9.77. The summed E-state index contributed by atoms with van der Waals surface area (Å²) in [6, 6.07) is 6.03. The zero-order valence-electron chi connectivity index (χ0n) is 6.61. The first-order valence-corrected chi connectivity index (χ1v) is 3.91.